The summed E-state index contributed by atoms with van der Waals surface area (Å²) in [4.78, 5) is 16.7. The Kier molecular flexibility index (Phi) is 2.90. The molecule has 1 heterocycles. The average molecular weight is 258 g/mol. The van der Waals surface area contributed by atoms with E-state index in [-0.39, 0.29) is 17.1 Å². The summed E-state index contributed by atoms with van der Waals surface area (Å²) in [5.74, 6) is -1.28. The third kappa shape index (κ3) is 2.24. The summed E-state index contributed by atoms with van der Waals surface area (Å²) in [7, 11) is 0. The normalized spacial score (nSPS) is 11.6. The van der Waals surface area contributed by atoms with Gasteiger partial charge in [0.15, 0.2) is 6.29 Å². The third-order valence-corrected chi connectivity index (χ3v) is 2.27. The number of hydrogen-bond donors (Lipinski definition) is 1. The first-order valence-electron chi connectivity index (χ1n) is 4.79. The lowest BCUT2D eigenvalue weighted by Crippen LogP contribution is -2.08. The highest BCUT2D eigenvalue weighted by atomic mass is 19.4. The first-order valence-corrected chi connectivity index (χ1v) is 4.79. The minimum absolute atomic E-state index is 0.0526. The molecule has 0 spiro atoms. The van der Waals surface area contributed by atoms with Crippen molar-refractivity contribution in [3.8, 4) is 11.4 Å². The number of nitrogens with one attached hydrogen (secondary N) is 1. The minimum Gasteiger partial charge on any atom is -0.336 e. The molecule has 0 radical (unpaired) electrons. The number of nitrogens with zero attached hydrogens (tertiary/aromatic N) is 1. The number of hydrogen-bond acceptors (Lipinski definition) is 2. The van der Waals surface area contributed by atoms with E-state index in [1.165, 1.54) is 6.20 Å². The van der Waals surface area contributed by atoms with Gasteiger partial charge in [0.05, 0.1) is 17.5 Å². The van der Waals surface area contributed by atoms with Gasteiger partial charge in [-0.2, -0.15) is 13.2 Å². The van der Waals surface area contributed by atoms with E-state index in [0.717, 1.165) is 6.07 Å². The monoisotopic (exact) mass is 258 g/mol. The Labute approximate surface area is 98.5 Å². The van der Waals surface area contributed by atoms with Crippen molar-refractivity contribution >= 4 is 6.29 Å². The molecule has 1 N–H and O–H groups in total. The number of aromatic nitrogens is 2. The molecular weight excluding hydrogens is 252 g/mol. The lowest BCUT2D eigenvalue weighted by Gasteiger charge is -2.08. The van der Waals surface area contributed by atoms with E-state index < -0.39 is 17.6 Å². The van der Waals surface area contributed by atoms with Crippen molar-refractivity contribution in [2.45, 2.75) is 6.18 Å². The Hall–Kier alpha value is -2.18. The highest BCUT2D eigenvalue weighted by Crippen LogP contribution is 2.33. The summed E-state index contributed by atoms with van der Waals surface area (Å²) in [6, 6.07) is 2.50. The lowest BCUT2D eigenvalue weighted by atomic mass is 10.1. The molecular formula is C11H6F4N2O. The minimum atomic E-state index is -4.78. The molecule has 1 aromatic carbocycles. The molecule has 94 valence electrons. The Bertz CT molecular complexity index is 589. The summed E-state index contributed by atoms with van der Waals surface area (Å²) in [5.41, 5.74) is -1.19. The molecule has 7 heteroatoms. The molecule has 0 saturated heterocycles. The van der Waals surface area contributed by atoms with Crippen LogP contribution in [0.2, 0.25) is 0 Å². The maximum absolute atomic E-state index is 13.0. The number of halogens is 4. The predicted octanol–water partition coefficient (Wildman–Crippen LogP) is 3.05. The second-order valence-corrected chi connectivity index (χ2v) is 3.50. The second kappa shape index (κ2) is 4.25. The molecule has 0 amide bonds. The topological polar surface area (TPSA) is 45.8 Å². The van der Waals surface area contributed by atoms with Gasteiger partial charge in [0.25, 0.3) is 0 Å². The zero-order valence-electron chi connectivity index (χ0n) is 8.75. The number of aldehydes is 1. The van der Waals surface area contributed by atoms with Crippen molar-refractivity contribution in [1.29, 1.82) is 0 Å². The van der Waals surface area contributed by atoms with Gasteiger partial charge in [-0.15, -0.1) is 0 Å². The number of alkyl halides is 3. The Morgan fingerprint density at radius 3 is 2.56 bits per heavy atom. The van der Waals surface area contributed by atoms with E-state index in [9.17, 15) is 22.4 Å². The van der Waals surface area contributed by atoms with Gasteiger partial charge in [-0.3, -0.25) is 4.79 Å². The third-order valence-electron chi connectivity index (χ3n) is 2.27. The van der Waals surface area contributed by atoms with Gasteiger partial charge in [-0.1, -0.05) is 0 Å². The van der Waals surface area contributed by atoms with Crippen LogP contribution in [0.5, 0.6) is 0 Å². The van der Waals surface area contributed by atoms with Crippen LogP contribution in [-0.2, 0) is 6.18 Å². The van der Waals surface area contributed by atoms with E-state index in [1.54, 1.807) is 0 Å². The summed E-state index contributed by atoms with van der Waals surface area (Å²) >= 11 is 0. The SMILES string of the molecule is O=Cc1cnc(-c2ccc(F)c(C(F)(F)F)c2)[nH]1. The number of rotatable bonds is 2. The van der Waals surface area contributed by atoms with Crippen molar-refractivity contribution in [1.82, 2.24) is 9.97 Å². The maximum atomic E-state index is 13.0. The fourth-order valence-corrected chi connectivity index (χ4v) is 1.43. The van der Waals surface area contributed by atoms with Crippen LogP contribution in [0.25, 0.3) is 11.4 Å². The molecule has 0 saturated carbocycles. The first-order chi connectivity index (χ1) is 8.41. The quantitative estimate of drug-likeness (QED) is 0.664. The largest absolute Gasteiger partial charge is 0.419 e. The van der Waals surface area contributed by atoms with Gasteiger partial charge in [-0.05, 0) is 18.2 Å². The molecule has 0 aliphatic carbocycles. The molecule has 0 aliphatic rings. The van der Waals surface area contributed by atoms with Crippen LogP contribution < -0.4 is 0 Å². The lowest BCUT2D eigenvalue weighted by molar-refractivity contribution is -0.139. The predicted molar refractivity (Wildman–Crippen MR) is 54.4 cm³/mol. The maximum Gasteiger partial charge on any atom is 0.419 e. The van der Waals surface area contributed by atoms with Gasteiger partial charge in [0.1, 0.15) is 11.6 Å². The van der Waals surface area contributed by atoms with Gasteiger partial charge >= 0.3 is 6.18 Å². The highest BCUT2D eigenvalue weighted by Gasteiger charge is 2.34. The number of benzene rings is 1. The Morgan fingerprint density at radius 1 is 1.28 bits per heavy atom. The Balaban J connectivity index is 2.50. The number of aromatic amines is 1. The first kappa shape index (κ1) is 12.3. The zero-order chi connectivity index (χ0) is 13.3. The van der Waals surface area contributed by atoms with Crippen LogP contribution in [0.1, 0.15) is 16.1 Å². The van der Waals surface area contributed by atoms with Crippen LogP contribution in [0.4, 0.5) is 17.6 Å². The van der Waals surface area contributed by atoms with Crippen molar-refractivity contribution in [3.05, 3.63) is 41.5 Å². The van der Waals surface area contributed by atoms with Crippen LogP contribution in [0.3, 0.4) is 0 Å². The van der Waals surface area contributed by atoms with Crippen molar-refractivity contribution in [3.63, 3.8) is 0 Å². The molecule has 2 aromatic rings. The number of imidazole rings is 1. The molecule has 0 fully saturated rings. The van der Waals surface area contributed by atoms with Gasteiger partial charge in [0, 0.05) is 5.56 Å². The van der Waals surface area contributed by atoms with E-state index in [4.69, 9.17) is 0 Å². The van der Waals surface area contributed by atoms with E-state index in [1.807, 2.05) is 0 Å². The standard InChI is InChI=1S/C11H6F4N2O/c12-9-2-1-6(3-8(9)11(13,14)15)10-16-4-7(5-18)17-10/h1-5H,(H,16,17). The highest BCUT2D eigenvalue weighted by molar-refractivity contribution is 5.73. The molecule has 1 aromatic heterocycles. The molecule has 3 nitrogen and oxygen atoms in total. The van der Waals surface area contributed by atoms with Gasteiger partial charge < -0.3 is 4.98 Å². The van der Waals surface area contributed by atoms with E-state index in [2.05, 4.69) is 9.97 Å². The second-order valence-electron chi connectivity index (χ2n) is 3.50. The molecule has 0 bridgehead atoms. The number of carbonyl (C=O) groups excluding carboxylic acids is 1. The molecule has 2 rings (SSSR count). The van der Waals surface area contributed by atoms with Crippen LogP contribution in [-0.4, -0.2) is 16.3 Å². The number of H-pyrrole nitrogens is 1. The van der Waals surface area contributed by atoms with E-state index >= 15 is 0 Å². The zero-order valence-corrected chi connectivity index (χ0v) is 8.75. The van der Waals surface area contributed by atoms with Crippen molar-refractivity contribution < 1.29 is 22.4 Å². The van der Waals surface area contributed by atoms with Gasteiger partial charge in [0.2, 0.25) is 0 Å². The van der Waals surface area contributed by atoms with Gasteiger partial charge in [-0.25, -0.2) is 9.37 Å². The van der Waals surface area contributed by atoms with Crippen LogP contribution in [0, 0.1) is 5.82 Å². The molecule has 18 heavy (non-hydrogen) atoms. The van der Waals surface area contributed by atoms with Crippen molar-refractivity contribution in [2.24, 2.45) is 0 Å². The molecule has 0 atom stereocenters. The van der Waals surface area contributed by atoms with Crippen LogP contribution in [0.15, 0.2) is 24.4 Å². The number of carbonyl (C=O) groups is 1. The summed E-state index contributed by atoms with van der Waals surface area (Å²) < 4.78 is 50.5. The molecule has 0 aliphatic heterocycles. The Morgan fingerprint density at radius 2 is 2.00 bits per heavy atom. The summed E-state index contributed by atoms with van der Waals surface area (Å²) in [6.07, 6.45) is -3.12. The van der Waals surface area contributed by atoms with E-state index in [0.29, 0.717) is 18.4 Å². The fraction of sp³-hybridized carbons (Fsp3) is 0.0909. The molecule has 0 unspecified atom stereocenters. The average Bonchev–Trinajstić information content (AvgIpc) is 2.76. The summed E-state index contributed by atoms with van der Waals surface area (Å²) in [5, 5.41) is 0. The van der Waals surface area contributed by atoms with Crippen molar-refractivity contribution in [2.75, 3.05) is 0 Å². The fourth-order valence-electron chi connectivity index (χ4n) is 1.43. The summed E-state index contributed by atoms with van der Waals surface area (Å²) in [6.45, 7) is 0. The van der Waals surface area contributed by atoms with Crippen LogP contribution >= 0.6 is 0 Å². The smallest absolute Gasteiger partial charge is 0.336 e.